The van der Waals surface area contributed by atoms with Crippen LogP contribution in [-0.4, -0.2) is 94.5 Å². The number of thioether (sulfide) groups is 1. The average molecular weight is 494 g/mol. The topological polar surface area (TPSA) is 126 Å². The smallest absolute Gasteiger partial charge is 0.273 e. The monoisotopic (exact) mass is 493 g/mol. The molecule has 178 valence electrons. The number of aromatic nitrogens is 1. The Kier molecular flexibility index (Phi) is 5.88. The van der Waals surface area contributed by atoms with Crippen LogP contribution < -0.4 is 10.0 Å². The molecule has 0 radical (unpaired) electrons. The lowest BCUT2D eigenvalue weighted by molar-refractivity contribution is -0.301. The maximum absolute atomic E-state index is 12.6. The molecular formula is C21H25N4O6S2-. The molecule has 3 fully saturated rings. The summed E-state index contributed by atoms with van der Waals surface area (Å²) in [7, 11) is 0. The molecule has 5 rings (SSSR count). The molecule has 4 aliphatic rings. The average Bonchev–Trinajstić information content (AvgIpc) is 3.32. The molecule has 2 amide bonds. The van der Waals surface area contributed by atoms with E-state index < -0.39 is 18.0 Å². The number of aliphatic carboxylic acids is 1. The van der Waals surface area contributed by atoms with Crippen molar-refractivity contribution in [2.45, 2.75) is 31.2 Å². The number of β-lactam (4-membered cyclic amide) rings is 1. The van der Waals surface area contributed by atoms with E-state index in [-0.39, 0.29) is 34.7 Å². The van der Waals surface area contributed by atoms with Crippen LogP contribution in [0.5, 0.6) is 0 Å². The molecule has 0 spiro atoms. The molecule has 5 heterocycles. The van der Waals surface area contributed by atoms with Gasteiger partial charge in [0.25, 0.3) is 5.91 Å². The summed E-state index contributed by atoms with van der Waals surface area (Å²) in [4.78, 5) is 47.2. The molecular weight excluding hydrogens is 468 g/mol. The van der Waals surface area contributed by atoms with Gasteiger partial charge in [0, 0.05) is 47.6 Å². The number of anilines is 1. The Bertz CT molecular complexity index is 1010. The first-order chi connectivity index (χ1) is 15.8. The molecule has 3 saturated heterocycles. The number of carboxylic acid groups (broad SMARTS) is 1. The fourth-order valence-electron chi connectivity index (χ4n) is 4.95. The van der Waals surface area contributed by atoms with Gasteiger partial charge in [-0.1, -0.05) is 6.92 Å². The van der Waals surface area contributed by atoms with Crippen LogP contribution in [0.3, 0.4) is 0 Å². The second-order valence-electron chi connectivity index (χ2n) is 8.82. The molecule has 33 heavy (non-hydrogen) atoms. The zero-order valence-corrected chi connectivity index (χ0v) is 19.9. The second kappa shape index (κ2) is 8.57. The van der Waals surface area contributed by atoms with Gasteiger partial charge in [-0.05, 0) is 6.92 Å². The first kappa shape index (κ1) is 22.6. The van der Waals surface area contributed by atoms with E-state index in [1.165, 1.54) is 28.0 Å². The number of hydrogen-bond donors (Lipinski definition) is 1. The van der Waals surface area contributed by atoms with Gasteiger partial charge in [-0.3, -0.25) is 9.59 Å². The summed E-state index contributed by atoms with van der Waals surface area (Å²) in [6, 6.07) is -0.336. The van der Waals surface area contributed by atoms with Crippen LogP contribution in [0.4, 0.5) is 5.13 Å². The van der Waals surface area contributed by atoms with Crippen LogP contribution in [0.25, 0.3) is 0 Å². The summed E-state index contributed by atoms with van der Waals surface area (Å²) in [6.07, 6.45) is -0.827. The van der Waals surface area contributed by atoms with Gasteiger partial charge in [-0.15, -0.1) is 23.1 Å². The first-order valence-corrected chi connectivity index (χ1v) is 12.7. The van der Waals surface area contributed by atoms with E-state index in [0.717, 1.165) is 5.13 Å². The number of carbonyl (C=O) groups excluding carboxylic acids is 3. The van der Waals surface area contributed by atoms with Crippen molar-refractivity contribution in [2.75, 3.05) is 44.3 Å². The van der Waals surface area contributed by atoms with Crippen molar-refractivity contribution in [3.63, 3.8) is 0 Å². The molecule has 1 aromatic heterocycles. The number of aliphatic hydroxyl groups is 1. The number of carboxylic acids is 1. The van der Waals surface area contributed by atoms with E-state index in [1.807, 2.05) is 6.92 Å². The first-order valence-electron chi connectivity index (χ1n) is 11.0. The molecule has 0 aromatic carbocycles. The maximum atomic E-state index is 12.6. The van der Waals surface area contributed by atoms with Gasteiger partial charge in [0.05, 0.1) is 42.9 Å². The minimum atomic E-state index is -1.35. The molecule has 0 bridgehead atoms. The number of nitrogens with zero attached hydrogens (tertiary/aromatic N) is 4. The zero-order valence-electron chi connectivity index (χ0n) is 18.3. The molecule has 1 N–H and O–H groups in total. The van der Waals surface area contributed by atoms with Crippen molar-refractivity contribution in [2.24, 2.45) is 11.8 Å². The lowest BCUT2D eigenvalue weighted by Crippen LogP contribution is -2.64. The summed E-state index contributed by atoms with van der Waals surface area (Å²) >= 11 is 2.89. The molecule has 1 aromatic rings. The van der Waals surface area contributed by atoms with E-state index in [9.17, 15) is 24.6 Å². The largest absolute Gasteiger partial charge is 0.543 e. The predicted molar refractivity (Wildman–Crippen MR) is 119 cm³/mol. The Labute approximate surface area is 199 Å². The second-order valence-corrected chi connectivity index (χ2v) is 11.0. The third kappa shape index (κ3) is 3.72. The van der Waals surface area contributed by atoms with Crippen molar-refractivity contribution >= 4 is 46.0 Å². The summed E-state index contributed by atoms with van der Waals surface area (Å²) < 4.78 is 5.29. The highest BCUT2D eigenvalue weighted by molar-refractivity contribution is 8.03. The van der Waals surface area contributed by atoms with Crippen LogP contribution in [0.2, 0.25) is 0 Å². The lowest BCUT2D eigenvalue weighted by Gasteiger charge is -2.47. The van der Waals surface area contributed by atoms with Crippen LogP contribution >= 0.6 is 23.1 Å². The van der Waals surface area contributed by atoms with Gasteiger partial charge >= 0.3 is 0 Å². The standard InChI is InChI=1S/C21H26N4O6S2/c1-10-15-14(11(2)26)19(28)25(15)16(20(29)30)17(10)33-12-7-24(8-12)21-22-13(9-32-21)18(27)23-3-5-31-6-4-23/h9-12,14-15,26H,3-8H2,1-2H3,(H,29,30)/p-1/t10-,11-,14-,15-/m1/s1. The molecule has 0 unspecified atom stereocenters. The van der Waals surface area contributed by atoms with E-state index in [1.54, 1.807) is 17.2 Å². The van der Waals surface area contributed by atoms with Crippen molar-refractivity contribution in [3.05, 3.63) is 21.7 Å². The Hall–Kier alpha value is -2.15. The highest BCUT2D eigenvalue weighted by Crippen LogP contribution is 2.52. The Morgan fingerprint density at radius 2 is 2.03 bits per heavy atom. The van der Waals surface area contributed by atoms with Crippen molar-refractivity contribution in [3.8, 4) is 0 Å². The quantitative estimate of drug-likeness (QED) is 0.515. The van der Waals surface area contributed by atoms with Crippen LogP contribution in [0, 0.1) is 11.8 Å². The van der Waals surface area contributed by atoms with E-state index in [0.29, 0.717) is 50.0 Å². The minimum absolute atomic E-state index is 0.0505. The molecule has 0 saturated carbocycles. The minimum Gasteiger partial charge on any atom is -0.543 e. The number of hydrogen-bond acceptors (Lipinski definition) is 10. The SMILES string of the molecule is C[C@@H](O)[C@H]1C(=O)N2C(C(=O)[O-])=C(SC3CN(c4nc(C(=O)N5CCOCC5)cs4)C3)[C@H](C)[C@H]12. The van der Waals surface area contributed by atoms with E-state index in [2.05, 4.69) is 9.88 Å². The molecule has 0 aliphatic carbocycles. The van der Waals surface area contributed by atoms with Gasteiger partial charge in [0.15, 0.2) is 5.13 Å². The van der Waals surface area contributed by atoms with Crippen LogP contribution in [0.1, 0.15) is 24.3 Å². The third-order valence-corrected chi connectivity index (χ3v) is 9.08. The molecule has 4 aliphatic heterocycles. The number of thiazole rings is 1. The number of amides is 2. The Morgan fingerprint density at radius 1 is 1.33 bits per heavy atom. The number of rotatable bonds is 6. The summed E-state index contributed by atoms with van der Waals surface area (Å²) in [5.74, 6) is -2.55. The summed E-state index contributed by atoms with van der Waals surface area (Å²) in [5, 5.41) is 24.5. The number of aliphatic hydroxyl groups excluding tert-OH is 1. The summed E-state index contributed by atoms with van der Waals surface area (Å²) in [6.45, 7) is 7.01. The van der Waals surface area contributed by atoms with Gasteiger partial charge in [0.2, 0.25) is 5.91 Å². The van der Waals surface area contributed by atoms with Gasteiger partial charge < -0.3 is 34.4 Å². The van der Waals surface area contributed by atoms with Gasteiger partial charge in [-0.2, -0.15) is 0 Å². The van der Waals surface area contributed by atoms with E-state index >= 15 is 0 Å². The van der Waals surface area contributed by atoms with Crippen molar-refractivity contribution in [1.82, 2.24) is 14.8 Å². The number of morpholine rings is 1. The zero-order chi connectivity index (χ0) is 23.4. The highest BCUT2D eigenvalue weighted by atomic mass is 32.2. The maximum Gasteiger partial charge on any atom is 0.273 e. The number of carbonyl (C=O) groups is 3. The van der Waals surface area contributed by atoms with Crippen molar-refractivity contribution < 1.29 is 29.3 Å². The third-order valence-electron chi connectivity index (χ3n) is 6.72. The van der Waals surface area contributed by atoms with Crippen LogP contribution in [0.15, 0.2) is 16.0 Å². The van der Waals surface area contributed by atoms with Crippen molar-refractivity contribution in [1.29, 1.82) is 0 Å². The highest BCUT2D eigenvalue weighted by Gasteiger charge is 2.59. The fourth-order valence-corrected chi connectivity index (χ4v) is 7.29. The number of ether oxygens (including phenoxy) is 1. The molecule has 10 nitrogen and oxygen atoms in total. The van der Waals surface area contributed by atoms with Crippen LogP contribution in [-0.2, 0) is 14.3 Å². The lowest BCUT2D eigenvalue weighted by atomic mass is 9.79. The van der Waals surface area contributed by atoms with Gasteiger partial charge in [0.1, 0.15) is 5.69 Å². The summed E-state index contributed by atoms with van der Waals surface area (Å²) in [5.41, 5.74) is 0.386. The number of fused-ring (bicyclic) bond motifs is 1. The Morgan fingerprint density at radius 3 is 2.67 bits per heavy atom. The normalized spacial score (nSPS) is 28.5. The predicted octanol–water partition coefficient (Wildman–Crippen LogP) is -0.644. The molecule has 4 atom stereocenters. The van der Waals surface area contributed by atoms with Gasteiger partial charge in [-0.25, -0.2) is 4.98 Å². The Balaban J connectivity index is 1.23. The molecule has 12 heteroatoms. The fraction of sp³-hybridized carbons (Fsp3) is 0.619. The van der Waals surface area contributed by atoms with E-state index in [4.69, 9.17) is 4.74 Å².